The Bertz CT molecular complexity index is 1380. The Hall–Kier alpha value is -4.12. The lowest BCUT2D eigenvalue weighted by molar-refractivity contribution is 0.0957. The molecule has 0 fully saturated rings. The molecule has 3 N–H and O–H groups in total. The van der Waals surface area contributed by atoms with E-state index < -0.39 is 27.7 Å². The van der Waals surface area contributed by atoms with Crippen LogP contribution in [-0.2, 0) is 10.0 Å². The maximum Gasteiger partial charge on any atom is 0.262 e. The van der Waals surface area contributed by atoms with Crippen LogP contribution in [0.15, 0.2) is 65.6 Å². The lowest BCUT2D eigenvalue weighted by Gasteiger charge is -2.19. The Kier molecular flexibility index (Phi) is 6.37. The summed E-state index contributed by atoms with van der Waals surface area (Å²) in [6.45, 7) is 0.705. The third-order valence-corrected chi connectivity index (χ3v) is 6.28. The summed E-state index contributed by atoms with van der Waals surface area (Å²) in [7, 11) is -2.61. The van der Waals surface area contributed by atoms with Crippen LogP contribution >= 0.6 is 0 Å². The molecule has 3 aromatic carbocycles. The van der Waals surface area contributed by atoms with Gasteiger partial charge in [-0.1, -0.05) is 6.07 Å². The van der Waals surface area contributed by atoms with Gasteiger partial charge in [0.05, 0.1) is 10.5 Å². The van der Waals surface area contributed by atoms with Gasteiger partial charge in [-0.25, -0.2) is 12.8 Å². The highest BCUT2D eigenvalue weighted by Crippen LogP contribution is 2.32. The first kappa shape index (κ1) is 23.1. The predicted molar refractivity (Wildman–Crippen MR) is 122 cm³/mol. The molecule has 0 saturated carbocycles. The first-order chi connectivity index (χ1) is 16.3. The number of hydrogen-bond acceptors (Lipinski definition) is 6. The van der Waals surface area contributed by atoms with E-state index in [9.17, 15) is 22.4 Å². The Labute approximate surface area is 194 Å². The average Bonchev–Trinajstić information content (AvgIpc) is 2.84. The summed E-state index contributed by atoms with van der Waals surface area (Å²) in [5.41, 5.74) is 0.286. The van der Waals surface area contributed by atoms with Crippen molar-refractivity contribution in [2.75, 3.05) is 30.3 Å². The van der Waals surface area contributed by atoms with E-state index in [0.29, 0.717) is 24.7 Å². The summed E-state index contributed by atoms with van der Waals surface area (Å²) in [4.78, 5) is 24.4. The van der Waals surface area contributed by atoms with Gasteiger partial charge in [-0.05, 0) is 48.5 Å². The normalized spacial score (nSPS) is 12.5. The molecule has 0 radical (unpaired) electrons. The van der Waals surface area contributed by atoms with Gasteiger partial charge >= 0.3 is 0 Å². The topological polar surface area (TPSA) is 123 Å². The second kappa shape index (κ2) is 9.40. The lowest BCUT2D eigenvalue weighted by atomic mass is 10.1. The highest BCUT2D eigenvalue weighted by Gasteiger charge is 2.20. The van der Waals surface area contributed by atoms with Crippen LogP contribution in [0.25, 0.3) is 0 Å². The minimum absolute atomic E-state index is 0.0281. The molecule has 3 aromatic rings. The van der Waals surface area contributed by atoms with E-state index in [-0.39, 0.29) is 27.4 Å². The van der Waals surface area contributed by atoms with Crippen LogP contribution in [0.1, 0.15) is 20.7 Å². The fraction of sp³-hybridized carbons (Fsp3) is 0.130. The van der Waals surface area contributed by atoms with Crippen LogP contribution in [0, 0.1) is 5.82 Å². The van der Waals surface area contributed by atoms with Gasteiger partial charge in [0.15, 0.2) is 11.5 Å². The largest absolute Gasteiger partial charge is 0.486 e. The first-order valence-corrected chi connectivity index (χ1v) is 11.6. The zero-order valence-electron chi connectivity index (χ0n) is 17.9. The van der Waals surface area contributed by atoms with Crippen LogP contribution in [-0.4, -0.2) is 40.5 Å². The number of anilines is 2. The molecule has 0 aromatic heterocycles. The molecule has 1 aliphatic rings. The molecule has 1 heterocycles. The number of benzene rings is 3. The number of fused-ring (bicyclic) bond motifs is 1. The number of halogens is 1. The fourth-order valence-corrected chi connectivity index (χ4v) is 4.31. The average molecular weight is 485 g/mol. The molecule has 2 amide bonds. The molecule has 0 saturated heterocycles. The Morgan fingerprint density at radius 3 is 2.41 bits per heavy atom. The van der Waals surface area contributed by atoms with E-state index >= 15 is 0 Å². The predicted octanol–water partition coefficient (Wildman–Crippen LogP) is 3.01. The monoisotopic (exact) mass is 485 g/mol. The van der Waals surface area contributed by atoms with Gasteiger partial charge in [-0.3, -0.25) is 14.3 Å². The maximum atomic E-state index is 13.9. The van der Waals surface area contributed by atoms with Gasteiger partial charge in [0.2, 0.25) is 0 Å². The fourth-order valence-electron chi connectivity index (χ4n) is 3.24. The zero-order valence-corrected chi connectivity index (χ0v) is 18.7. The van der Waals surface area contributed by atoms with Crippen molar-refractivity contribution in [3.63, 3.8) is 0 Å². The van der Waals surface area contributed by atoms with Crippen LogP contribution in [0.4, 0.5) is 15.8 Å². The van der Waals surface area contributed by atoms with Gasteiger partial charge in [0.25, 0.3) is 21.8 Å². The highest BCUT2D eigenvalue weighted by molar-refractivity contribution is 7.92. The number of hydrogen-bond donors (Lipinski definition) is 3. The molecule has 0 bridgehead atoms. The molecule has 34 heavy (non-hydrogen) atoms. The number of carbonyl (C=O) groups is 2. The summed E-state index contributed by atoms with van der Waals surface area (Å²) in [5.74, 6) is -1.14. The summed E-state index contributed by atoms with van der Waals surface area (Å²) in [6.07, 6.45) is 0. The van der Waals surface area contributed by atoms with Crippen molar-refractivity contribution in [1.82, 2.24) is 5.32 Å². The van der Waals surface area contributed by atoms with E-state index in [2.05, 4.69) is 15.4 Å². The first-order valence-electron chi connectivity index (χ1n) is 10.1. The van der Waals surface area contributed by atoms with Crippen molar-refractivity contribution in [2.45, 2.75) is 4.90 Å². The minimum atomic E-state index is -3.97. The van der Waals surface area contributed by atoms with Crippen molar-refractivity contribution in [3.8, 4) is 11.5 Å². The standard InChI is InChI=1S/C23H20FN3O6S/c1-25-23(29)18-12-15(5-7-19(18)24)26-22(28)14-3-2-4-16(11-14)27-34(30,31)17-6-8-20-21(13-17)33-10-9-32-20/h2-8,11-13,27H,9-10H2,1H3,(H,25,29)(H,26,28). The van der Waals surface area contributed by atoms with Crippen LogP contribution in [0.5, 0.6) is 11.5 Å². The van der Waals surface area contributed by atoms with E-state index in [0.717, 1.165) is 6.07 Å². The number of ether oxygens (including phenoxy) is 2. The number of sulfonamides is 1. The molecule has 0 atom stereocenters. The van der Waals surface area contributed by atoms with Crippen molar-refractivity contribution in [2.24, 2.45) is 0 Å². The van der Waals surface area contributed by atoms with E-state index in [4.69, 9.17) is 9.47 Å². The van der Waals surface area contributed by atoms with E-state index in [1.54, 1.807) is 0 Å². The number of rotatable bonds is 6. The molecule has 0 spiro atoms. The van der Waals surface area contributed by atoms with Gasteiger partial charge in [0.1, 0.15) is 19.0 Å². The Morgan fingerprint density at radius 1 is 0.882 bits per heavy atom. The molecule has 4 rings (SSSR count). The minimum Gasteiger partial charge on any atom is -0.486 e. The number of carbonyl (C=O) groups excluding carboxylic acids is 2. The number of amides is 2. The molecule has 0 aliphatic carbocycles. The Balaban J connectivity index is 1.52. The van der Waals surface area contributed by atoms with Crippen molar-refractivity contribution < 1.29 is 31.9 Å². The van der Waals surface area contributed by atoms with Gasteiger partial charge < -0.3 is 20.1 Å². The second-order valence-electron chi connectivity index (χ2n) is 7.22. The lowest BCUT2D eigenvalue weighted by Crippen LogP contribution is -2.20. The van der Waals surface area contributed by atoms with Crippen molar-refractivity contribution in [1.29, 1.82) is 0 Å². The van der Waals surface area contributed by atoms with Crippen LogP contribution in [0.2, 0.25) is 0 Å². The molecular weight excluding hydrogens is 465 g/mol. The summed E-state index contributed by atoms with van der Waals surface area (Å²) < 4.78 is 52.8. The molecule has 9 nitrogen and oxygen atoms in total. The maximum absolute atomic E-state index is 13.9. The molecule has 11 heteroatoms. The second-order valence-corrected chi connectivity index (χ2v) is 8.90. The third-order valence-electron chi connectivity index (χ3n) is 4.90. The van der Waals surface area contributed by atoms with Gasteiger partial charge in [-0.2, -0.15) is 0 Å². The van der Waals surface area contributed by atoms with Gasteiger partial charge in [-0.15, -0.1) is 0 Å². The van der Waals surface area contributed by atoms with E-state index in [1.165, 1.54) is 61.6 Å². The molecule has 1 aliphatic heterocycles. The SMILES string of the molecule is CNC(=O)c1cc(NC(=O)c2cccc(NS(=O)(=O)c3ccc4c(c3)OCCO4)c2)ccc1F. The quantitative estimate of drug-likeness (QED) is 0.493. The number of nitrogens with one attached hydrogen (secondary N) is 3. The van der Waals surface area contributed by atoms with Crippen molar-refractivity contribution >= 4 is 33.2 Å². The zero-order chi connectivity index (χ0) is 24.3. The highest BCUT2D eigenvalue weighted by atomic mass is 32.2. The van der Waals surface area contributed by atoms with Gasteiger partial charge in [0, 0.05) is 30.1 Å². The van der Waals surface area contributed by atoms with Crippen molar-refractivity contribution in [3.05, 3.63) is 77.6 Å². The summed E-state index contributed by atoms with van der Waals surface area (Å²) in [5, 5.41) is 4.89. The molecule has 176 valence electrons. The molecular formula is C23H20FN3O6S. The van der Waals surface area contributed by atoms with E-state index in [1.807, 2.05) is 0 Å². The summed E-state index contributed by atoms with van der Waals surface area (Å²) in [6, 6.07) is 13.7. The third kappa shape index (κ3) is 4.94. The van der Waals surface area contributed by atoms with Crippen LogP contribution < -0.4 is 24.8 Å². The van der Waals surface area contributed by atoms with Crippen LogP contribution in [0.3, 0.4) is 0 Å². The summed E-state index contributed by atoms with van der Waals surface area (Å²) >= 11 is 0. The smallest absolute Gasteiger partial charge is 0.262 e. The molecule has 0 unspecified atom stereocenters. The Morgan fingerprint density at radius 2 is 1.65 bits per heavy atom.